The van der Waals surface area contributed by atoms with Crippen LogP contribution in [0.25, 0.3) is 0 Å². The predicted molar refractivity (Wildman–Crippen MR) is 87.4 cm³/mol. The molecule has 0 unspecified atom stereocenters. The summed E-state index contributed by atoms with van der Waals surface area (Å²) >= 11 is 0. The molecule has 0 aliphatic heterocycles. The van der Waals surface area contributed by atoms with Crippen LogP contribution in [0.15, 0.2) is 47.4 Å². The van der Waals surface area contributed by atoms with Crippen molar-refractivity contribution < 1.29 is 17.4 Å². The van der Waals surface area contributed by atoms with E-state index in [0.717, 1.165) is 11.1 Å². The van der Waals surface area contributed by atoms with Crippen molar-refractivity contribution in [2.45, 2.75) is 25.2 Å². The molecule has 4 nitrogen and oxygen atoms in total. The van der Waals surface area contributed by atoms with Gasteiger partial charge in [-0.2, -0.15) is 8.42 Å². The zero-order valence-corrected chi connectivity index (χ0v) is 13.9. The summed E-state index contributed by atoms with van der Waals surface area (Å²) in [7, 11) is -4.03. The minimum atomic E-state index is -4.03. The Morgan fingerprint density at radius 2 is 1.82 bits per heavy atom. The first kappa shape index (κ1) is 18.2. The first-order valence-electron chi connectivity index (χ1n) is 6.56. The van der Waals surface area contributed by atoms with Crippen molar-refractivity contribution in [1.82, 2.24) is 0 Å². The highest BCUT2D eigenvalue weighted by molar-refractivity contribution is 7.87. The van der Waals surface area contributed by atoms with Crippen molar-refractivity contribution in [3.63, 3.8) is 0 Å². The number of hydrogen-bond acceptors (Lipinski definition) is 4. The first-order valence-corrected chi connectivity index (χ1v) is 7.97. The van der Waals surface area contributed by atoms with Gasteiger partial charge in [0.15, 0.2) is 6.29 Å². The molecule has 6 heteroatoms. The van der Waals surface area contributed by atoms with Gasteiger partial charge in [-0.25, -0.2) is 0 Å². The topological polar surface area (TPSA) is 60.4 Å². The van der Waals surface area contributed by atoms with Crippen molar-refractivity contribution >= 4 is 28.8 Å². The maximum Gasteiger partial charge on any atom is 0.339 e. The molecule has 0 saturated heterocycles. The molecule has 0 aliphatic carbocycles. The minimum Gasteiger partial charge on any atom is -0.379 e. The number of rotatable bonds is 5. The van der Waals surface area contributed by atoms with Crippen LogP contribution >= 0.6 is 12.4 Å². The molecular formula is C16H17ClO4S. The van der Waals surface area contributed by atoms with E-state index < -0.39 is 10.1 Å². The van der Waals surface area contributed by atoms with Crippen LogP contribution in [-0.2, 0) is 16.5 Å². The van der Waals surface area contributed by atoms with Gasteiger partial charge in [0.2, 0.25) is 0 Å². The number of aryl methyl sites for hydroxylation is 2. The lowest BCUT2D eigenvalue weighted by Crippen LogP contribution is -2.13. The number of halogens is 1. The second kappa shape index (κ2) is 7.42. The summed E-state index contributed by atoms with van der Waals surface area (Å²) in [5.41, 5.74) is 1.93. The maximum atomic E-state index is 12.4. The van der Waals surface area contributed by atoms with Gasteiger partial charge in [-0.1, -0.05) is 42.8 Å². The monoisotopic (exact) mass is 340 g/mol. The van der Waals surface area contributed by atoms with Crippen molar-refractivity contribution in [2.75, 3.05) is 0 Å². The standard InChI is InChI=1S/C16H16O4S.ClH/c1-3-13-10-12(2)8-9-15(13)20-21(18,19)16-7-5-4-6-14(16)11-17;/h4-11H,3H2,1-2H3;1H. The highest BCUT2D eigenvalue weighted by Crippen LogP contribution is 2.25. The summed E-state index contributed by atoms with van der Waals surface area (Å²) in [4.78, 5) is 10.9. The van der Waals surface area contributed by atoms with Gasteiger partial charge in [-0.3, -0.25) is 4.79 Å². The smallest absolute Gasteiger partial charge is 0.339 e. The lowest BCUT2D eigenvalue weighted by atomic mass is 10.1. The summed E-state index contributed by atoms with van der Waals surface area (Å²) in [6.45, 7) is 3.85. The Morgan fingerprint density at radius 1 is 1.14 bits per heavy atom. The summed E-state index contributed by atoms with van der Waals surface area (Å²) in [6.07, 6.45) is 1.16. The average molecular weight is 341 g/mol. The van der Waals surface area contributed by atoms with Gasteiger partial charge < -0.3 is 4.18 Å². The number of carbonyl (C=O) groups is 1. The van der Waals surface area contributed by atoms with Crippen LogP contribution in [0.5, 0.6) is 5.75 Å². The van der Waals surface area contributed by atoms with E-state index in [1.165, 1.54) is 12.1 Å². The van der Waals surface area contributed by atoms with Crippen molar-refractivity contribution in [2.24, 2.45) is 0 Å². The molecule has 0 fully saturated rings. The van der Waals surface area contributed by atoms with E-state index in [1.807, 2.05) is 19.9 Å². The number of benzene rings is 2. The molecule has 0 atom stereocenters. The molecule has 2 aromatic rings. The van der Waals surface area contributed by atoms with E-state index in [9.17, 15) is 13.2 Å². The quantitative estimate of drug-likeness (QED) is 0.616. The highest BCUT2D eigenvalue weighted by atomic mass is 35.5. The fourth-order valence-electron chi connectivity index (χ4n) is 2.03. The molecule has 0 radical (unpaired) electrons. The fraction of sp³-hybridized carbons (Fsp3) is 0.188. The van der Waals surface area contributed by atoms with Crippen LogP contribution in [0, 0.1) is 6.92 Å². The second-order valence-corrected chi connectivity index (χ2v) is 6.17. The van der Waals surface area contributed by atoms with Crippen molar-refractivity contribution in [3.8, 4) is 5.75 Å². The molecule has 0 N–H and O–H groups in total. The number of carbonyl (C=O) groups excluding carboxylic acids is 1. The van der Waals surface area contributed by atoms with Crippen LogP contribution in [0.1, 0.15) is 28.4 Å². The van der Waals surface area contributed by atoms with Crippen molar-refractivity contribution in [3.05, 3.63) is 59.2 Å². The fourth-order valence-corrected chi connectivity index (χ4v) is 3.17. The Labute approximate surface area is 136 Å². The summed E-state index contributed by atoms with van der Waals surface area (Å²) < 4.78 is 29.9. The Hall–Kier alpha value is -1.85. The lowest BCUT2D eigenvalue weighted by Gasteiger charge is -2.12. The highest BCUT2D eigenvalue weighted by Gasteiger charge is 2.21. The molecule has 118 valence electrons. The Balaban J connectivity index is 0.00000242. The Bertz CT molecular complexity index is 769. The molecular weight excluding hydrogens is 324 g/mol. The van der Waals surface area contributed by atoms with Gasteiger partial charge in [0.25, 0.3) is 0 Å². The van der Waals surface area contributed by atoms with E-state index in [4.69, 9.17) is 4.18 Å². The van der Waals surface area contributed by atoms with Gasteiger partial charge in [-0.05, 0) is 31.0 Å². The maximum absolute atomic E-state index is 12.4. The molecule has 0 saturated carbocycles. The van der Waals surface area contributed by atoms with E-state index in [2.05, 4.69) is 0 Å². The molecule has 0 amide bonds. The average Bonchev–Trinajstić information content (AvgIpc) is 2.48. The second-order valence-electron chi connectivity index (χ2n) is 4.66. The third kappa shape index (κ3) is 3.87. The minimum absolute atomic E-state index is 0. The van der Waals surface area contributed by atoms with Crippen LogP contribution in [0.2, 0.25) is 0 Å². The molecule has 0 aromatic heterocycles. The van der Waals surface area contributed by atoms with Crippen LogP contribution < -0.4 is 4.18 Å². The Morgan fingerprint density at radius 3 is 2.45 bits per heavy atom. The summed E-state index contributed by atoms with van der Waals surface area (Å²) in [5.74, 6) is 0.295. The predicted octanol–water partition coefficient (Wildman–Crippen LogP) is 3.56. The summed E-state index contributed by atoms with van der Waals surface area (Å²) in [5, 5.41) is 0. The zero-order chi connectivity index (χ0) is 15.5. The van der Waals surface area contributed by atoms with Crippen LogP contribution in [-0.4, -0.2) is 14.7 Å². The number of hydrogen-bond donors (Lipinski definition) is 0. The van der Waals surface area contributed by atoms with Crippen molar-refractivity contribution in [1.29, 1.82) is 0 Å². The third-order valence-electron chi connectivity index (χ3n) is 3.11. The molecule has 0 heterocycles. The number of aldehydes is 1. The van der Waals surface area contributed by atoms with Crippen LogP contribution in [0.3, 0.4) is 0 Å². The first-order chi connectivity index (χ1) is 9.97. The normalized spacial score (nSPS) is 10.6. The molecule has 0 bridgehead atoms. The molecule has 0 aliphatic rings. The van der Waals surface area contributed by atoms with Gasteiger partial charge in [-0.15, -0.1) is 12.4 Å². The van der Waals surface area contributed by atoms with E-state index >= 15 is 0 Å². The van der Waals surface area contributed by atoms with E-state index in [-0.39, 0.29) is 22.9 Å². The third-order valence-corrected chi connectivity index (χ3v) is 4.42. The van der Waals surface area contributed by atoms with Crippen LogP contribution in [0.4, 0.5) is 0 Å². The lowest BCUT2D eigenvalue weighted by molar-refractivity contribution is 0.112. The van der Waals surface area contributed by atoms with Gasteiger partial charge in [0.1, 0.15) is 10.6 Å². The van der Waals surface area contributed by atoms with E-state index in [0.29, 0.717) is 18.5 Å². The zero-order valence-electron chi connectivity index (χ0n) is 12.3. The molecule has 2 aromatic carbocycles. The van der Waals surface area contributed by atoms with Gasteiger partial charge in [0, 0.05) is 5.56 Å². The Kier molecular flexibility index (Phi) is 6.14. The molecule has 22 heavy (non-hydrogen) atoms. The largest absolute Gasteiger partial charge is 0.379 e. The molecule has 0 spiro atoms. The van der Waals surface area contributed by atoms with E-state index in [1.54, 1.807) is 24.3 Å². The summed E-state index contributed by atoms with van der Waals surface area (Å²) in [6, 6.07) is 11.3. The van der Waals surface area contributed by atoms with Gasteiger partial charge in [0.05, 0.1) is 0 Å². The SMILES string of the molecule is CCc1cc(C)ccc1OS(=O)(=O)c1ccccc1C=O.Cl. The molecule has 2 rings (SSSR count). The van der Waals surface area contributed by atoms with Gasteiger partial charge >= 0.3 is 10.1 Å².